The lowest BCUT2D eigenvalue weighted by atomic mass is 9.77. The van der Waals surface area contributed by atoms with E-state index in [-0.39, 0.29) is 30.1 Å². The summed E-state index contributed by atoms with van der Waals surface area (Å²) in [5.41, 5.74) is 4.81. The number of halogens is 1. The number of nitrogens with zero attached hydrogens (tertiary/aromatic N) is 2. The summed E-state index contributed by atoms with van der Waals surface area (Å²) in [6.45, 7) is -0.398. The summed E-state index contributed by atoms with van der Waals surface area (Å²) in [7, 11) is 0. The first-order chi connectivity index (χ1) is 17.6. The molecule has 5 rings (SSSR count). The van der Waals surface area contributed by atoms with Gasteiger partial charge in [0, 0.05) is 5.92 Å². The van der Waals surface area contributed by atoms with Crippen LogP contribution in [0.2, 0.25) is 0 Å². The summed E-state index contributed by atoms with van der Waals surface area (Å²) in [4.78, 5) is 25.7. The van der Waals surface area contributed by atoms with Crippen LogP contribution in [0.5, 0.6) is 0 Å². The third-order valence-electron chi connectivity index (χ3n) is 6.66. The highest BCUT2D eigenvalue weighted by Crippen LogP contribution is 2.44. The number of ether oxygens (including phenoxy) is 1. The fourth-order valence-corrected chi connectivity index (χ4v) is 4.97. The lowest BCUT2D eigenvalue weighted by molar-refractivity contribution is -0.152. The SMILES string of the molecule is O=C(Cc1ccc(F)cc1)OCC(=O)N1N=C2/C(=C/c3ccccc3)CCC[C@@H]2[C@@H]1c1ccccc1. The summed E-state index contributed by atoms with van der Waals surface area (Å²) < 4.78 is 18.4. The van der Waals surface area contributed by atoms with Crippen LogP contribution < -0.4 is 0 Å². The Hall–Kier alpha value is -4.06. The van der Waals surface area contributed by atoms with Gasteiger partial charge in [0.2, 0.25) is 0 Å². The quantitative estimate of drug-likeness (QED) is 0.422. The topological polar surface area (TPSA) is 59.0 Å². The Balaban J connectivity index is 1.36. The van der Waals surface area contributed by atoms with Gasteiger partial charge in [-0.15, -0.1) is 0 Å². The maximum Gasteiger partial charge on any atom is 0.310 e. The molecule has 36 heavy (non-hydrogen) atoms. The van der Waals surface area contributed by atoms with Crippen LogP contribution in [0, 0.1) is 11.7 Å². The summed E-state index contributed by atoms with van der Waals surface area (Å²) >= 11 is 0. The van der Waals surface area contributed by atoms with Gasteiger partial charge in [-0.2, -0.15) is 5.10 Å². The van der Waals surface area contributed by atoms with Gasteiger partial charge in [-0.05, 0) is 59.7 Å². The molecular formula is C30H27FN2O3. The van der Waals surface area contributed by atoms with Crippen molar-refractivity contribution < 1.29 is 18.7 Å². The van der Waals surface area contributed by atoms with Crippen molar-refractivity contribution in [2.75, 3.05) is 6.61 Å². The van der Waals surface area contributed by atoms with E-state index in [1.54, 1.807) is 0 Å². The van der Waals surface area contributed by atoms with Gasteiger partial charge in [-0.25, -0.2) is 9.40 Å². The molecule has 0 radical (unpaired) electrons. The van der Waals surface area contributed by atoms with Gasteiger partial charge in [0.15, 0.2) is 6.61 Å². The molecule has 3 aromatic carbocycles. The second-order valence-electron chi connectivity index (χ2n) is 9.12. The summed E-state index contributed by atoms with van der Waals surface area (Å²) in [5, 5.41) is 6.32. The third kappa shape index (κ3) is 5.28. The van der Waals surface area contributed by atoms with Crippen molar-refractivity contribution in [1.29, 1.82) is 0 Å². The van der Waals surface area contributed by atoms with Crippen molar-refractivity contribution in [3.63, 3.8) is 0 Å². The molecule has 1 amide bonds. The van der Waals surface area contributed by atoms with Crippen LogP contribution in [0.3, 0.4) is 0 Å². The number of rotatable bonds is 6. The van der Waals surface area contributed by atoms with Crippen molar-refractivity contribution in [3.8, 4) is 0 Å². The Morgan fingerprint density at radius 3 is 2.39 bits per heavy atom. The Bertz CT molecular complexity index is 1290. The Morgan fingerprint density at radius 1 is 0.972 bits per heavy atom. The zero-order chi connectivity index (χ0) is 24.9. The number of carbonyl (C=O) groups excluding carboxylic acids is 2. The van der Waals surface area contributed by atoms with E-state index in [9.17, 15) is 14.0 Å². The molecule has 2 atom stereocenters. The first-order valence-electron chi connectivity index (χ1n) is 12.2. The minimum absolute atomic E-state index is 0.0310. The van der Waals surface area contributed by atoms with Gasteiger partial charge in [-0.1, -0.05) is 72.8 Å². The van der Waals surface area contributed by atoms with Crippen LogP contribution in [0.1, 0.15) is 42.0 Å². The fraction of sp³-hybridized carbons (Fsp3) is 0.233. The zero-order valence-electron chi connectivity index (χ0n) is 19.8. The maximum absolute atomic E-state index is 13.3. The van der Waals surface area contributed by atoms with E-state index >= 15 is 0 Å². The van der Waals surface area contributed by atoms with Crippen LogP contribution in [0.25, 0.3) is 6.08 Å². The zero-order valence-corrected chi connectivity index (χ0v) is 19.8. The molecule has 1 aliphatic carbocycles. The lowest BCUT2D eigenvalue weighted by Gasteiger charge is -2.29. The number of hydrogen-bond acceptors (Lipinski definition) is 4. The summed E-state index contributed by atoms with van der Waals surface area (Å²) in [6.07, 6.45) is 4.97. The van der Waals surface area contributed by atoms with Crippen LogP contribution in [0.15, 0.2) is 95.6 Å². The molecule has 0 unspecified atom stereocenters. The Kier molecular flexibility index (Phi) is 7.03. The van der Waals surface area contributed by atoms with Crippen LogP contribution >= 0.6 is 0 Å². The largest absolute Gasteiger partial charge is 0.455 e. The Morgan fingerprint density at radius 2 is 1.67 bits per heavy atom. The van der Waals surface area contributed by atoms with E-state index in [1.807, 2.05) is 48.5 Å². The van der Waals surface area contributed by atoms with Crippen molar-refractivity contribution in [3.05, 3.63) is 113 Å². The molecule has 0 aromatic heterocycles. The first-order valence-corrected chi connectivity index (χ1v) is 12.2. The number of fused-ring (bicyclic) bond motifs is 1. The number of carbonyl (C=O) groups is 2. The van der Waals surface area contributed by atoms with E-state index in [4.69, 9.17) is 9.84 Å². The number of amides is 1. The molecular weight excluding hydrogens is 455 g/mol. The molecule has 1 fully saturated rings. The molecule has 6 heteroatoms. The van der Waals surface area contributed by atoms with Crippen molar-refractivity contribution >= 4 is 23.7 Å². The second-order valence-corrected chi connectivity index (χ2v) is 9.12. The second kappa shape index (κ2) is 10.7. The van der Waals surface area contributed by atoms with Gasteiger partial charge in [0.25, 0.3) is 5.91 Å². The number of esters is 1. The minimum atomic E-state index is -0.542. The number of allylic oxidation sites excluding steroid dienone is 1. The Labute approximate surface area is 209 Å². The lowest BCUT2D eigenvalue weighted by Crippen LogP contribution is -2.34. The normalized spacial score (nSPS) is 20.1. The molecule has 1 aliphatic heterocycles. The van der Waals surface area contributed by atoms with Gasteiger partial charge in [-0.3, -0.25) is 9.59 Å². The smallest absolute Gasteiger partial charge is 0.310 e. The van der Waals surface area contributed by atoms with E-state index in [0.29, 0.717) is 5.56 Å². The highest BCUT2D eigenvalue weighted by atomic mass is 19.1. The molecule has 5 nitrogen and oxygen atoms in total. The minimum Gasteiger partial charge on any atom is -0.455 e. The van der Waals surface area contributed by atoms with Gasteiger partial charge >= 0.3 is 5.97 Å². The highest BCUT2D eigenvalue weighted by Gasteiger charge is 2.43. The van der Waals surface area contributed by atoms with E-state index in [0.717, 1.165) is 41.7 Å². The third-order valence-corrected chi connectivity index (χ3v) is 6.66. The standard InChI is InChI=1S/C30H27FN2O3/c31-25-16-14-22(15-17-25)19-28(35)36-20-27(34)33-30(23-10-5-2-6-11-23)26-13-7-12-24(29(26)32-33)18-21-8-3-1-4-9-21/h1-6,8-11,14-18,26,30H,7,12-13,19-20H2/b24-18+/t26-,30-/m0/s1. The maximum atomic E-state index is 13.3. The predicted molar refractivity (Wildman–Crippen MR) is 136 cm³/mol. The molecule has 0 spiro atoms. The van der Waals surface area contributed by atoms with Crippen molar-refractivity contribution in [1.82, 2.24) is 5.01 Å². The van der Waals surface area contributed by atoms with E-state index < -0.39 is 12.6 Å². The molecule has 1 heterocycles. The van der Waals surface area contributed by atoms with Crippen LogP contribution in [-0.4, -0.2) is 29.2 Å². The summed E-state index contributed by atoms with van der Waals surface area (Å²) in [5.74, 6) is -1.20. The molecule has 0 saturated heterocycles. The van der Waals surface area contributed by atoms with Crippen molar-refractivity contribution in [2.45, 2.75) is 31.7 Å². The monoisotopic (exact) mass is 482 g/mol. The highest BCUT2D eigenvalue weighted by molar-refractivity contribution is 6.08. The molecule has 182 valence electrons. The van der Waals surface area contributed by atoms with E-state index in [1.165, 1.54) is 29.3 Å². The molecule has 3 aromatic rings. The van der Waals surface area contributed by atoms with Gasteiger partial charge in [0.1, 0.15) is 5.82 Å². The van der Waals surface area contributed by atoms with Gasteiger partial charge in [0.05, 0.1) is 18.2 Å². The number of benzene rings is 3. The first kappa shape index (κ1) is 23.7. The van der Waals surface area contributed by atoms with Gasteiger partial charge < -0.3 is 4.74 Å². The molecule has 0 bridgehead atoms. The molecule has 1 saturated carbocycles. The predicted octanol–water partition coefficient (Wildman–Crippen LogP) is 5.73. The van der Waals surface area contributed by atoms with Crippen molar-refractivity contribution in [2.24, 2.45) is 11.0 Å². The number of hydrogen-bond donors (Lipinski definition) is 0. The fourth-order valence-electron chi connectivity index (χ4n) is 4.97. The molecule has 2 aliphatic rings. The summed E-state index contributed by atoms with van der Waals surface area (Å²) in [6, 6.07) is 25.4. The molecule has 0 N–H and O–H groups in total. The van der Waals surface area contributed by atoms with E-state index in [2.05, 4.69) is 18.2 Å². The number of hydrazone groups is 1. The average Bonchev–Trinajstić information content (AvgIpc) is 3.31. The van der Waals surface area contributed by atoms with Crippen LogP contribution in [0.4, 0.5) is 4.39 Å². The van der Waals surface area contributed by atoms with Crippen LogP contribution in [-0.2, 0) is 20.7 Å². The average molecular weight is 483 g/mol.